The molecule has 0 aromatic heterocycles. The summed E-state index contributed by atoms with van der Waals surface area (Å²) in [5, 5.41) is 9.04. The van der Waals surface area contributed by atoms with Gasteiger partial charge in [0, 0.05) is 0 Å². The Balaban J connectivity index is 2.73. The number of hydrogen-bond donors (Lipinski definition) is 4. The monoisotopic (exact) mass is 238 g/mol. The van der Waals surface area contributed by atoms with E-state index in [0.29, 0.717) is 12.3 Å². The molecule has 1 saturated carbocycles. The molecule has 0 aromatic carbocycles. The molecule has 0 radical (unpaired) electrons. The van der Waals surface area contributed by atoms with Crippen molar-refractivity contribution < 1.29 is 19.8 Å². The van der Waals surface area contributed by atoms with Crippen LogP contribution in [0.25, 0.3) is 0 Å². The van der Waals surface area contributed by atoms with E-state index in [1.165, 1.54) is 0 Å². The van der Waals surface area contributed by atoms with Gasteiger partial charge < -0.3 is 0 Å². The van der Waals surface area contributed by atoms with E-state index in [4.69, 9.17) is 0 Å². The van der Waals surface area contributed by atoms with Gasteiger partial charge in [-0.05, 0) is 0 Å². The van der Waals surface area contributed by atoms with Crippen LogP contribution in [0.1, 0.15) is 40.0 Å². The van der Waals surface area contributed by atoms with Crippen LogP contribution in [-0.2, 0) is 0 Å². The SMILES string of the molecule is CC(C)[C@@H]1CC[C@@](C)([PH](O)(O)O)C[C@H]1O. The van der Waals surface area contributed by atoms with E-state index < -0.39 is 19.2 Å². The molecule has 4 N–H and O–H groups in total. The van der Waals surface area contributed by atoms with Crippen LogP contribution in [0.3, 0.4) is 0 Å². The molecule has 0 bridgehead atoms. The Labute approximate surface area is 91.5 Å². The molecule has 1 fully saturated rings. The van der Waals surface area contributed by atoms with Crippen molar-refractivity contribution in [1.29, 1.82) is 0 Å². The molecule has 0 spiro atoms. The van der Waals surface area contributed by atoms with Gasteiger partial charge in [0.05, 0.1) is 0 Å². The van der Waals surface area contributed by atoms with Crippen LogP contribution in [0.5, 0.6) is 0 Å². The number of hydrogen-bond acceptors (Lipinski definition) is 4. The van der Waals surface area contributed by atoms with Crippen molar-refractivity contribution in [3.05, 3.63) is 0 Å². The van der Waals surface area contributed by atoms with Crippen molar-refractivity contribution in [2.45, 2.75) is 51.3 Å². The maximum atomic E-state index is 9.93. The molecule has 4 nitrogen and oxygen atoms in total. The summed E-state index contributed by atoms with van der Waals surface area (Å²) in [6.45, 7) is 5.76. The third-order valence-electron chi connectivity index (χ3n) is 3.85. The molecule has 0 saturated heterocycles. The van der Waals surface area contributed by atoms with Crippen LogP contribution >= 0.6 is 7.94 Å². The zero-order valence-corrected chi connectivity index (χ0v) is 10.6. The van der Waals surface area contributed by atoms with Crippen LogP contribution < -0.4 is 0 Å². The summed E-state index contributed by atoms with van der Waals surface area (Å²) in [4.78, 5) is 28.1. The van der Waals surface area contributed by atoms with Gasteiger partial charge >= 0.3 is 90.9 Å². The molecule has 0 heterocycles. The first-order valence-corrected chi connectivity index (χ1v) is 7.37. The van der Waals surface area contributed by atoms with E-state index in [1.54, 1.807) is 6.92 Å². The Morgan fingerprint density at radius 3 is 2.13 bits per heavy atom. The summed E-state index contributed by atoms with van der Waals surface area (Å²) >= 11 is 0. The predicted molar refractivity (Wildman–Crippen MR) is 61.6 cm³/mol. The van der Waals surface area contributed by atoms with Crippen molar-refractivity contribution in [3.8, 4) is 0 Å². The Bertz CT molecular complexity index is 226. The Morgan fingerprint density at radius 2 is 1.80 bits per heavy atom. The first-order chi connectivity index (χ1) is 6.67. The van der Waals surface area contributed by atoms with Crippen molar-refractivity contribution in [1.82, 2.24) is 0 Å². The first-order valence-electron chi connectivity index (χ1n) is 5.52. The van der Waals surface area contributed by atoms with Gasteiger partial charge in [-0.2, -0.15) is 0 Å². The third kappa shape index (κ3) is 2.69. The van der Waals surface area contributed by atoms with Crippen LogP contribution in [0.15, 0.2) is 0 Å². The molecule has 0 amide bonds. The standard InChI is InChI=1S/C10H23O4P/c1-7(2)8-4-5-10(3,6-9(8)11)15(12,13)14/h7-9,11-15H,4-6H2,1-3H3/t8-,9+,10+/m0/s1. The van der Waals surface area contributed by atoms with Gasteiger partial charge in [0.1, 0.15) is 0 Å². The number of aliphatic hydroxyl groups is 1. The van der Waals surface area contributed by atoms with Crippen molar-refractivity contribution in [2.75, 3.05) is 0 Å². The molecular formula is C10H23O4P. The van der Waals surface area contributed by atoms with Crippen molar-refractivity contribution in [3.63, 3.8) is 0 Å². The van der Waals surface area contributed by atoms with Gasteiger partial charge in [-0.25, -0.2) is 0 Å². The molecule has 1 aliphatic rings. The fourth-order valence-corrected chi connectivity index (χ4v) is 3.44. The van der Waals surface area contributed by atoms with Crippen molar-refractivity contribution >= 4 is 7.94 Å². The van der Waals surface area contributed by atoms with Gasteiger partial charge in [0.15, 0.2) is 0 Å². The predicted octanol–water partition coefficient (Wildman–Crippen LogP) is 1.03. The minimum atomic E-state index is -4.15. The molecule has 5 heteroatoms. The Kier molecular flexibility index (Phi) is 3.79. The fourth-order valence-electron chi connectivity index (χ4n) is 2.47. The molecule has 92 valence electrons. The summed E-state index contributed by atoms with van der Waals surface area (Å²) < 4.78 is 0. The first kappa shape index (κ1) is 13.3. The summed E-state index contributed by atoms with van der Waals surface area (Å²) in [6.07, 6.45) is 1.06. The zero-order chi connectivity index (χ0) is 11.9. The second-order valence-corrected chi connectivity index (χ2v) is 7.89. The molecule has 1 rings (SSSR count). The summed E-state index contributed by atoms with van der Waals surface area (Å²) in [5.74, 6) is 0.589. The van der Waals surface area contributed by atoms with Gasteiger partial charge in [-0.1, -0.05) is 0 Å². The number of aliphatic hydroxyl groups excluding tert-OH is 1. The van der Waals surface area contributed by atoms with E-state index in [2.05, 4.69) is 13.8 Å². The topological polar surface area (TPSA) is 80.9 Å². The van der Waals surface area contributed by atoms with Crippen LogP contribution in [0.4, 0.5) is 0 Å². The van der Waals surface area contributed by atoms with E-state index in [9.17, 15) is 19.8 Å². The zero-order valence-electron chi connectivity index (χ0n) is 9.64. The molecule has 3 atom stereocenters. The Hall–Kier alpha value is 0.270. The summed E-state index contributed by atoms with van der Waals surface area (Å²) in [7, 11) is -4.15. The van der Waals surface area contributed by atoms with Crippen LogP contribution in [0.2, 0.25) is 0 Å². The quantitative estimate of drug-likeness (QED) is 0.542. The van der Waals surface area contributed by atoms with Crippen LogP contribution in [-0.4, -0.2) is 31.0 Å². The normalized spacial score (nSPS) is 39.5. The fraction of sp³-hybridized carbons (Fsp3) is 1.00. The van der Waals surface area contributed by atoms with Crippen molar-refractivity contribution in [2.24, 2.45) is 11.8 Å². The Morgan fingerprint density at radius 1 is 1.27 bits per heavy atom. The summed E-state index contributed by atoms with van der Waals surface area (Å²) in [5.41, 5.74) is 0. The number of rotatable bonds is 2. The summed E-state index contributed by atoms with van der Waals surface area (Å²) in [6, 6.07) is 0. The molecular weight excluding hydrogens is 215 g/mol. The van der Waals surface area contributed by atoms with Gasteiger partial charge in [0.2, 0.25) is 0 Å². The second-order valence-electron chi connectivity index (χ2n) is 5.41. The molecule has 15 heavy (non-hydrogen) atoms. The average molecular weight is 238 g/mol. The van der Waals surface area contributed by atoms with Crippen LogP contribution in [0, 0.1) is 11.8 Å². The van der Waals surface area contributed by atoms with E-state index in [-0.39, 0.29) is 12.3 Å². The molecule has 0 unspecified atom stereocenters. The molecule has 0 aliphatic heterocycles. The van der Waals surface area contributed by atoms with Gasteiger partial charge in [-0.3, -0.25) is 0 Å². The van der Waals surface area contributed by atoms with E-state index in [1.807, 2.05) is 0 Å². The van der Waals surface area contributed by atoms with Gasteiger partial charge in [-0.15, -0.1) is 0 Å². The van der Waals surface area contributed by atoms with Gasteiger partial charge in [0.25, 0.3) is 0 Å². The van der Waals surface area contributed by atoms with E-state index >= 15 is 0 Å². The second kappa shape index (κ2) is 4.27. The minimum absolute atomic E-state index is 0.203. The maximum absolute atomic E-state index is 9.93. The molecule has 1 aliphatic carbocycles. The van der Waals surface area contributed by atoms with E-state index in [0.717, 1.165) is 6.42 Å². The third-order valence-corrected chi connectivity index (χ3v) is 5.92. The molecule has 0 aromatic rings. The average Bonchev–Trinajstić information content (AvgIpc) is 2.00.